The van der Waals surface area contributed by atoms with Crippen molar-refractivity contribution in [3.8, 4) is 5.75 Å². The van der Waals surface area contributed by atoms with Gasteiger partial charge in [0.15, 0.2) is 0 Å². The lowest BCUT2D eigenvalue weighted by atomic mass is 10.1. The molecule has 2 aromatic rings. The van der Waals surface area contributed by atoms with Crippen LogP contribution in [-0.4, -0.2) is 17.9 Å². The molecule has 1 fully saturated rings. The third kappa shape index (κ3) is 4.27. The van der Waals surface area contributed by atoms with Crippen molar-refractivity contribution in [2.75, 3.05) is 0 Å². The van der Waals surface area contributed by atoms with Crippen LogP contribution in [0.25, 0.3) is 0 Å². The summed E-state index contributed by atoms with van der Waals surface area (Å²) in [6.45, 7) is 0. The number of hydrogen-bond donors (Lipinski definition) is 0. The van der Waals surface area contributed by atoms with Gasteiger partial charge in [-0.1, -0.05) is 43.2 Å². The third-order valence-corrected chi connectivity index (χ3v) is 4.21. The molecule has 26 heavy (non-hydrogen) atoms. The van der Waals surface area contributed by atoms with Crippen molar-refractivity contribution in [3.63, 3.8) is 0 Å². The maximum absolute atomic E-state index is 12.2. The molecule has 0 aromatic heterocycles. The van der Waals surface area contributed by atoms with Crippen LogP contribution in [0.4, 0.5) is 0 Å². The Labute approximate surface area is 150 Å². The van der Waals surface area contributed by atoms with Crippen molar-refractivity contribution in [1.29, 1.82) is 0 Å². The maximum atomic E-state index is 12.2. The highest BCUT2D eigenvalue weighted by Gasteiger charge is 2.26. The third-order valence-electron chi connectivity index (χ3n) is 4.21. The van der Waals surface area contributed by atoms with Gasteiger partial charge in [-0.05, 0) is 37.1 Å². The summed E-state index contributed by atoms with van der Waals surface area (Å²) < 4.78 is 5.36. The predicted molar refractivity (Wildman–Crippen MR) is 91.3 cm³/mol. The van der Waals surface area contributed by atoms with E-state index < -0.39 is 11.9 Å². The van der Waals surface area contributed by atoms with Gasteiger partial charge >= 0.3 is 17.9 Å². The molecule has 0 saturated heterocycles. The lowest BCUT2D eigenvalue weighted by molar-refractivity contribution is -0.187. The molecule has 0 unspecified atom stereocenters. The van der Waals surface area contributed by atoms with Gasteiger partial charge in [0.05, 0.1) is 11.5 Å². The van der Waals surface area contributed by atoms with E-state index >= 15 is 0 Å². The average molecular weight is 354 g/mol. The average Bonchev–Trinajstić information content (AvgIpc) is 3.22. The van der Waals surface area contributed by atoms with Crippen LogP contribution in [0.2, 0.25) is 0 Å². The van der Waals surface area contributed by atoms with Gasteiger partial charge in [-0.2, -0.15) is 0 Å². The van der Waals surface area contributed by atoms with E-state index in [4.69, 9.17) is 4.74 Å². The number of benzene rings is 2. The van der Waals surface area contributed by atoms with Crippen molar-refractivity contribution in [3.05, 3.63) is 65.7 Å². The Morgan fingerprint density at radius 3 is 2.12 bits per heavy atom. The molecule has 1 saturated carbocycles. The van der Waals surface area contributed by atoms with Crippen molar-refractivity contribution in [2.45, 2.75) is 25.7 Å². The van der Waals surface area contributed by atoms with Gasteiger partial charge in [0.1, 0.15) is 11.3 Å². The summed E-state index contributed by atoms with van der Waals surface area (Å²) >= 11 is 0. The zero-order valence-electron chi connectivity index (χ0n) is 14.1. The fourth-order valence-corrected chi connectivity index (χ4v) is 2.82. The molecular formula is C20H18O6. The molecule has 1 aliphatic rings. The number of esters is 1. The SMILES string of the molecule is O=C(OOC(=O)c1ccccc1OC(=O)C1CCCC1)c1ccccc1. The lowest BCUT2D eigenvalue weighted by Gasteiger charge is -2.11. The molecule has 6 heteroatoms. The Bertz CT molecular complexity index is 793. The van der Waals surface area contributed by atoms with Gasteiger partial charge in [0.25, 0.3) is 0 Å². The van der Waals surface area contributed by atoms with Gasteiger partial charge in [0.2, 0.25) is 0 Å². The Kier molecular flexibility index (Phi) is 5.63. The molecule has 1 aliphatic carbocycles. The molecule has 0 spiro atoms. The van der Waals surface area contributed by atoms with Gasteiger partial charge in [-0.15, -0.1) is 0 Å². The van der Waals surface area contributed by atoms with Gasteiger partial charge in [0, 0.05) is 0 Å². The number of para-hydroxylation sites is 1. The molecule has 6 nitrogen and oxygen atoms in total. The highest BCUT2D eigenvalue weighted by atomic mass is 17.2. The minimum absolute atomic E-state index is 0.0136. The summed E-state index contributed by atoms with van der Waals surface area (Å²) in [6, 6.07) is 14.3. The number of rotatable bonds is 4. The van der Waals surface area contributed by atoms with Crippen LogP contribution in [0, 0.1) is 5.92 Å². The fourth-order valence-electron chi connectivity index (χ4n) is 2.82. The number of carbonyl (C=O) groups is 3. The van der Waals surface area contributed by atoms with Crippen LogP contribution in [0.3, 0.4) is 0 Å². The Hall–Kier alpha value is -3.15. The molecule has 0 radical (unpaired) electrons. The highest BCUT2D eigenvalue weighted by Crippen LogP contribution is 2.28. The van der Waals surface area contributed by atoms with E-state index in [9.17, 15) is 14.4 Å². The number of hydrogen-bond acceptors (Lipinski definition) is 6. The van der Waals surface area contributed by atoms with E-state index in [-0.39, 0.29) is 28.8 Å². The molecule has 0 bridgehead atoms. The first-order chi connectivity index (χ1) is 12.6. The van der Waals surface area contributed by atoms with Crippen molar-refractivity contribution in [1.82, 2.24) is 0 Å². The van der Waals surface area contributed by atoms with Gasteiger partial charge in [-0.3, -0.25) is 4.79 Å². The van der Waals surface area contributed by atoms with E-state index in [0.717, 1.165) is 25.7 Å². The molecule has 0 atom stereocenters. The molecule has 0 aliphatic heterocycles. The van der Waals surface area contributed by atoms with Gasteiger partial charge < -0.3 is 4.74 Å². The van der Waals surface area contributed by atoms with Gasteiger partial charge in [-0.25, -0.2) is 19.4 Å². The summed E-state index contributed by atoms with van der Waals surface area (Å²) in [6.07, 6.45) is 3.58. The van der Waals surface area contributed by atoms with Crippen molar-refractivity contribution >= 4 is 17.9 Å². The normalized spacial score (nSPS) is 13.8. The van der Waals surface area contributed by atoms with Crippen LogP contribution in [0.5, 0.6) is 5.75 Å². The van der Waals surface area contributed by atoms with Crippen LogP contribution in [0.15, 0.2) is 54.6 Å². The summed E-state index contributed by atoms with van der Waals surface area (Å²) in [5.74, 6) is -2.12. The number of ether oxygens (including phenoxy) is 1. The maximum Gasteiger partial charge on any atom is 0.390 e. The Balaban J connectivity index is 1.64. The summed E-state index contributed by atoms with van der Waals surface area (Å²) in [7, 11) is 0. The van der Waals surface area contributed by atoms with E-state index in [0.29, 0.717) is 0 Å². The molecule has 0 N–H and O–H groups in total. The molecule has 2 aromatic carbocycles. The van der Waals surface area contributed by atoms with Crippen LogP contribution >= 0.6 is 0 Å². The molecule has 3 rings (SSSR count). The summed E-state index contributed by atoms with van der Waals surface area (Å²) in [4.78, 5) is 45.4. The molecular weight excluding hydrogens is 336 g/mol. The molecule has 0 heterocycles. The smallest absolute Gasteiger partial charge is 0.390 e. The van der Waals surface area contributed by atoms with E-state index in [2.05, 4.69) is 9.78 Å². The lowest BCUT2D eigenvalue weighted by Crippen LogP contribution is -2.19. The highest BCUT2D eigenvalue weighted by molar-refractivity contribution is 5.94. The summed E-state index contributed by atoms with van der Waals surface area (Å²) in [5, 5.41) is 0. The minimum Gasteiger partial charge on any atom is -0.425 e. The molecule has 134 valence electrons. The van der Waals surface area contributed by atoms with E-state index in [1.54, 1.807) is 30.3 Å². The Morgan fingerprint density at radius 1 is 0.769 bits per heavy atom. The second kappa shape index (κ2) is 8.29. The first-order valence-corrected chi connectivity index (χ1v) is 8.44. The molecule has 0 amide bonds. The number of carbonyl (C=O) groups excluding carboxylic acids is 3. The van der Waals surface area contributed by atoms with Crippen LogP contribution in [0.1, 0.15) is 46.4 Å². The second-order valence-electron chi connectivity index (χ2n) is 6.01. The topological polar surface area (TPSA) is 78.9 Å². The standard InChI is InChI=1S/C20H18O6/c21-18(14-10-4-5-11-14)24-17-13-7-6-12-16(17)20(23)26-25-19(22)15-8-2-1-3-9-15/h1-3,6-9,12-14H,4-5,10-11H2. The Morgan fingerprint density at radius 2 is 1.38 bits per heavy atom. The largest absolute Gasteiger partial charge is 0.425 e. The van der Waals surface area contributed by atoms with Crippen LogP contribution in [-0.2, 0) is 14.6 Å². The van der Waals surface area contributed by atoms with E-state index in [1.807, 2.05) is 0 Å². The van der Waals surface area contributed by atoms with Crippen molar-refractivity contribution < 1.29 is 28.9 Å². The second-order valence-corrected chi connectivity index (χ2v) is 6.01. The monoisotopic (exact) mass is 354 g/mol. The quantitative estimate of drug-likeness (QED) is 0.360. The zero-order chi connectivity index (χ0) is 18.4. The van der Waals surface area contributed by atoms with E-state index in [1.165, 1.54) is 24.3 Å². The first kappa shape index (κ1) is 17.7. The predicted octanol–water partition coefficient (Wildman–Crippen LogP) is 3.71. The first-order valence-electron chi connectivity index (χ1n) is 8.44. The van der Waals surface area contributed by atoms with Crippen LogP contribution < -0.4 is 4.74 Å². The minimum atomic E-state index is -0.913. The fraction of sp³-hybridized carbons (Fsp3) is 0.250. The summed E-state index contributed by atoms with van der Waals surface area (Å²) in [5.41, 5.74) is 0.265. The zero-order valence-corrected chi connectivity index (χ0v) is 14.1. The van der Waals surface area contributed by atoms with Crippen molar-refractivity contribution in [2.24, 2.45) is 5.92 Å².